The zero-order valence-electron chi connectivity index (χ0n) is 7.20. The molecule has 0 radical (unpaired) electrons. The maximum atomic E-state index is 4.06. The lowest BCUT2D eigenvalue weighted by Crippen LogP contribution is -2.05. The summed E-state index contributed by atoms with van der Waals surface area (Å²) >= 11 is 0. The van der Waals surface area contributed by atoms with E-state index in [0.717, 1.165) is 18.8 Å². The Morgan fingerprint density at radius 1 is 1.42 bits per heavy atom. The van der Waals surface area contributed by atoms with Crippen molar-refractivity contribution in [3.05, 3.63) is 30.4 Å². The van der Waals surface area contributed by atoms with Gasteiger partial charge in [-0.2, -0.15) is 0 Å². The van der Waals surface area contributed by atoms with E-state index in [2.05, 4.69) is 21.4 Å². The highest BCUT2D eigenvalue weighted by atomic mass is 14.8. The molecule has 0 fully saturated rings. The van der Waals surface area contributed by atoms with E-state index < -0.39 is 0 Å². The third-order valence-electron chi connectivity index (χ3n) is 1.41. The summed E-state index contributed by atoms with van der Waals surface area (Å²) in [6.45, 7) is 0.989. The molecular weight excluding hydrogens is 150 g/mol. The molecule has 0 aliphatic rings. The summed E-state index contributed by atoms with van der Waals surface area (Å²) in [6, 6.07) is 1.81. The highest BCUT2D eigenvalue weighted by Gasteiger charge is 1.84. The van der Waals surface area contributed by atoms with Gasteiger partial charge in [-0.1, -0.05) is 6.08 Å². The molecule has 0 aromatic carbocycles. The molecule has 0 bridgehead atoms. The van der Waals surface area contributed by atoms with Crippen molar-refractivity contribution in [2.45, 2.75) is 6.42 Å². The Bertz CT molecular complexity index is 231. The predicted octanol–water partition coefficient (Wildman–Crippen LogP) is 1.10. The van der Waals surface area contributed by atoms with Crippen LogP contribution in [0.15, 0.2) is 24.5 Å². The molecule has 3 heteroatoms. The molecule has 3 nitrogen and oxygen atoms in total. The van der Waals surface area contributed by atoms with Gasteiger partial charge in [0.1, 0.15) is 0 Å². The fraction of sp³-hybridized carbons (Fsp3) is 0.333. The largest absolute Gasteiger partial charge is 0.319 e. The smallest absolute Gasteiger partial charge is 0.151 e. The fourth-order valence-electron chi connectivity index (χ4n) is 0.813. The lowest BCUT2D eigenvalue weighted by molar-refractivity contribution is 0.809. The van der Waals surface area contributed by atoms with Gasteiger partial charge in [-0.25, -0.2) is 9.97 Å². The summed E-state index contributed by atoms with van der Waals surface area (Å²) in [5, 5.41) is 3.06. The summed E-state index contributed by atoms with van der Waals surface area (Å²) in [4.78, 5) is 8.12. The van der Waals surface area contributed by atoms with Crippen LogP contribution in [0.2, 0.25) is 0 Å². The highest BCUT2D eigenvalue weighted by Crippen LogP contribution is 1.92. The Morgan fingerprint density at radius 3 is 2.83 bits per heavy atom. The van der Waals surface area contributed by atoms with Crippen LogP contribution in [0.5, 0.6) is 0 Å². The van der Waals surface area contributed by atoms with Crippen LogP contribution in [0.4, 0.5) is 0 Å². The lowest BCUT2D eigenvalue weighted by Gasteiger charge is -1.91. The fourth-order valence-corrected chi connectivity index (χ4v) is 0.813. The second-order valence-electron chi connectivity index (χ2n) is 2.40. The molecule has 0 saturated heterocycles. The Hall–Kier alpha value is -1.22. The number of nitrogens with one attached hydrogen (secondary N) is 1. The molecule has 1 heterocycles. The molecule has 0 saturated carbocycles. The quantitative estimate of drug-likeness (QED) is 0.675. The van der Waals surface area contributed by atoms with Gasteiger partial charge in [0.15, 0.2) is 5.82 Å². The van der Waals surface area contributed by atoms with Crippen LogP contribution in [-0.2, 0) is 0 Å². The average molecular weight is 163 g/mol. The summed E-state index contributed by atoms with van der Waals surface area (Å²) in [5.74, 6) is 0.772. The highest BCUT2D eigenvalue weighted by molar-refractivity contribution is 5.38. The van der Waals surface area contributed by atoms with Gasteiger partial charge >= 0.3 is 0 Å². The van der Waals surface area contributed by atoms with Gasteiger partial charge in [0.05, 0.1) is 0 Å². The molecule has 1 N–H and O–H groups in total. The first-order chi connectivity index (χ1) is 5.93. The van der Waals surface area contributed by atoms with Crippen molar-refractivity contribution in [2.75, 3.05) is 13.6 Å². The van der Waals surface area contributed by atoms with Gasteiger partial charge in [-0.15, -0.1) is 0 Å². The third-order valence-corrected chi connectivity index (χ3v) is 1.41. The van der Waals surface area contributed by atoms with Gasteiger partial charge in [-0.3, -0.25) is 0 Å². The summed E-state index contributed by atoms with van der Waals surface area (Å²) in [6.07, 6.45) is 8.48. The van der Waals surface area contributed by atoms with Gasteiger partial charge in [0.25, 0.3) is 0 Å². The van der Waals surface area contributed by atoms with Gasteiger partial charge < -0.3 is 5.32 Å². The zero-order chi connectivity index (χ0) is 8.65. The molecule has 0 spiro atoms. The minimum absolute atomic E-state index is 0.772. The first kappa shape index (κ1) is 8.87. The standard InChI is InChI=1S/C9H13N3/c1-10-6-3-2-5-9-11-7-4-8-12-9/h2,4-5,7-8,10H,3,6H2,1H3. The molecule has 0 atom stereocenters. The Kier molecular flexibility index (Phi) is 4.02. The van der Waals surface area contributed by atoms with E-state index in [4.69, 9.17) is 0 Å². The zero-order valence-corrected chi connectivity index (χ0v) is 7.20. The van der Waals surface area contributed by atoms with Gasteiger partial charge in [0, 0.05) is 12.4 Å². The van der Waals surface area contributed by atoms with E-state index in [1.807, 2.05) is 19.2 Å². The first-order valence-electron chi connectivity index (χ1n) is 4.01. The van der Waals surface area contributed by atoms with Crippen molar-refractivity contribution >= 4 is 6.08 Å². The SMILES string of the molecule is CNCCC=Cc1ncccn1. The first-order valence-corrected chi connectivity index (χ1v) is 4.01. The van der Waals surface area contributed by atoms with Crippen LogP contribution in [0.1, 0.15) is 12.2 Å². The normalized spacial score (nSPS) is 10.8. The summed E-state index contributed by atoms with van der Waals surface area (Å²) in [7, 11) is 1.94. The molecule has 0 unspecified atom stereocenters. The van der Waals surface area contributed by atoms with E-state index in [9.17, 15) is 0 Å². The molecule has 0 aliphatic heterocycles. The number of nitrogens with zero attached hydrogens (tertiary/aromatic N) is 2. The maximum Gasteiger partial charge on any atom is 0.151 e. The molecule has 12 heavy (non-hydrogen) atoms. The second kappa shape index (κ2) is 5.43. The van der Waals surface area contributed by atoms with E-state index in [1.165, 1.54) is 0 Å². The number of hydrogen-bond acceptors (Lipinski definition) is 3. The molecule has 1 rings (SSSR count). The topological polar surface area (TPSA) is 37.8 Å². The van der Waals surface area contributed by atoms with Crippen LogP contribution >= 0.6 is 0 Å². The second-order valence-corrected chi connectivity index (χ2v) is 2.40. The van der Waals surface area contributed by atoms with E-state index in [0.29, 0.717) is 0 Å². The minimum Gasteiger partial charge on any atom is -0.319 e. The molecule has 0 aliphatic carbocycles. The molecule has 1 aromatic heterocycles. The van der Waals surface area contributed by atoms with E-state index >= 15 is 0 Å². The van der Waals surface area contributed by atoms with Crippen LogP contribution < -0.4 is 5.32 Å². The summed E-state index contributed by atoms with van der Waals surface area (Å²) < 4.78 is 0. The number of hydrogen-bond donors (Lipinski definition) is 1. The van der Waals surface area contributed by atoms with Crippen LogP contribution in [-0.4, -0.2) is 23.6 Å². The Balaban J connectivity index is 2.36. The van der Waals surface area contributed by atoms with Gasteiger partial charge in [-0.05, 0) is 32.2 Å². The maximum absolute atomic E-state index is 4.06. The number of rotatable bonds is 4. The van der Waals surface area contributed by atoms with Gasteiger partial charge in [0.2, 0.25) is 0 Å². The average Bonchev–Trinajstić information content (AvgIpc) is 2.14. The minimum atomic E-state index is 0.772. The van der Waals surface area contributed by atoms with Crippen LogP contribution in [0, 0.1) is 0 Å². The van der Waals surface area contributed by atoms with Crippen molar-refractivity contribution in [3.8, 4) is 0 Å². The van der Waals surface area contributed by atoms with Crippen molar-refractivity contribution in [3.63, 3.8) is 0 Å². The molecule has 1 aromatic rings. The third kappa shape index (κ3) is 3.25. The van der Waals surface area contributed by atoms with Crippen molar-refractivity contribution in [1.82, 2.24) is 15.3 Å². The lowest BCUT2D eigenvalue weighted by atomic mass is 10.3. The summed E-state index contributed by atoms with van der Waals surface area (Å²) in [5.41, 5.74) is 0. The molecule has 0 amide bonds. The molecule has 64 valence electrons. The van der Waals surface area contributed by atoms with Crippen molar-refractivity contribution in [1.29, 1.82) is 0 Å². The number of aromatic nitrogens is 2. The Morgan fingerprint density at radius 2 is 2.17 bits per heavy atom. The predicted molar refractivity (Wildman–Crippen MR) is 49.6 cm³/mol. The van der Waals surface area contributed by atoms with Crippen molar-refractivity contribution in [2.24, 2.45) is 0 Å². The van der Waals surface area contributed by atoms with E-state index in [1.54, 1.807) is 12.4 Å². The Labute approximate surface area is 72.6 Å². The van der Waals surface area contributed by atoms with Crippen LogP contribution in [0.3, 0.4) is 0 Å². The van der Waals surface area contributed by atoms with Crippen molar-refractivity contribution < 1.29 is 0 Å². The van der Waals surface area contributed by atoms with Crippen LogP contribution in [0.25, 0.3) is 6.08 Å². The molecular formula is C9H13N3. The monoisotopic (exact) mass is 163 g/mol. The van der Waals surface area contributed by atoms with E-state index in [-0.39, 0.29) is 0 Å².